The Bertz CT molecular complexity index is 715. The number of hydrogen-bond donors (Lipinski definition) is 4. The van der Waals surface area contributed by atoms with E-state index in [1.165, 1.54) is 19.3 Å². The average molecular weight is 401 g/mol. The number of aliphatic hydroxyl groups is 4. The second-order valence-electron chi connectivity index (χ2n) is 8.27. The molecule has 4 atom stereocenters. The van der Waals surface area contributed by atoms with Crippen molar-refractivity contribution in [1.82, 2.24) is 0 Å². The van der Waals surface area contributed by atoms with Gasteiger partial charge in [0, 0.05) is 0 Å². The highest BCUT2D eigenvalue weighted by Crippen LogP contribution is 2.42. The van der Waals surface area contributed by atoms with Gasteiger partial charge >= 0.3 is 0 Å². The van der Waals surface area contributed by atoms with E-state index in [9.17, 15) is 20.4 Å². The van der Waals surface area contributed by atoms with Gasteiger partial charge < -0.3 is 20.4 Å². The van der Waals surface area contributed by atoms with Crippen LogP contribution in [0, 0.1) is 27.7 Å². The van der Waals surface area contributed by atoms with E-state index in [0.29, 0.717) is 33.4 Å². The van der Waals surface area contributed by atoms with E-state index in [1.807, 2.05) is 38.1 Å². The van der Waals surface area contributed by atoms with Gasteiger partial charge in [-0.25, -0.2) is 0 Å². The fourth-order valence-corrected chi connectivity index (χ4v) is 4.09. The van der Waals surface area contributed by atoms with Crippen LogP contribution in [0.1, 0.15) is 102 Å². The third-order valence-corrected chi connectivity index (χ3v) is 5.84. The summed E-state index contributed by atoms with van der Waals surface area (Å²) in [5, 5.41) is 43.0. The van der Waals surface area contributed by atoms with Gasteiger partial charge in [0.2, 0.25) is 0 Å². The van der Waals surface area contributed by atoms with E-state index < -0.39 is 24.4 Å². The van der Waals surface area contributed by atoms with Crippen LogP contribution in [0.15, 0.2) is 24.3 Å². The normalized spacial score (nSPS) is 23.2. The third-order valence-electron chi connectivity index (χ3n) is 5.84. The molecule has 3 rings (SSSR count). The molecule has 4 N–H and O–H groups in total. The Morgan fingerprint density at radius 3 is 0.966 bits per heavy atom. The fourth-order valence-electron chi connectivity index (χ4n) is 4.09. The molecule has 2 aromatic carbocycles. The average Bonchev–Trinajstić information content (AvgIpc) is 2.69. The molecule has 0 fully saturated rings. The molecule has 29 heavy (non-hydrogen) atoms. The van der Waals surface area contributed by atoms with Crippen molar-refractivity contribution in [2.45, 2.75) is 85.2 Å². The predicted molar refractivity (Wildman–Crippen MR) is 117 cm³/mol. The van der Waals surface area contributed by atoms with Crippen LogP contribution < -0.4 is 0 Å². The van der Waals surface area contributed by atoms with Crippen LogP contribution >= 0.6 is 0 Å². The zero-order valence-electron chi connectivity index (χ0n) is 18.5. The number of unbranched alkanes of at least 4 members (excludes halogenated alkanes) is 2. The maximum atomic E-state index is 10.8. The Morgan fingerprint density at radius 1 is 0.552 bits per heavy atom. The van der Waals surface area contributed by atoms with Crippen molar-refractivity contribution < 1.29 is 20.4 Å². The van der Waals surface area contributed by atoms with Gasteiger partial charge in [-0.3, -0.25) is 0 Å². The lowest BCUT2D eigenvalue weighted by Gasteiger charge is -2.30. The maximum absolute atomic E-state index is 10.8. The summed E-state index contributed by atoms with van der Waals surface area (Å²) in [6.07, 6.45) is -0.315. The van der Waals surface area contributed by atoms with Crippen LogP contribution in [0.5, 0.6) is 0 Å². The van der Waals surface area contributed by atoms with E-state index >= 15 is 0 Å². The van der Waals surface area contributed by atoms with Crippen LogP contribution in [-0.2, 0) is 0 Å². The van der Waals surface area contributed by atoms with E-state index in [0.717, 1.165) is 11.1 Å². The maximum Gasteiger partial charge on any atom is 0.109 e. The summed E-state index contributed by atoms with van der Waals surface area (Å²) in [5.74, 6) is 0. The van der Waals surface area contributed by atoms with Crippen LogP contribution in [-0.4, -0.2) is 20.4 Å². The van der Waals surface area contributed by atoms with Crippen molar-refractivity contribution in [1.29, 1.82) is 0 Å². The summed E-state index contributed by atoms with van der Waals surface area (Å²) in [4.78, 5) is 0. The SMILES string of the molecule is CCCCC.Cc1cc2c(C)c(c1)C(O)C(O)c1cc(C)cc(c1C)C(O)C2O. The molecule has 160 valence electrons. The minimum Gasteiger partial charge on any atom is -0.385 e. The molecule has 0 heterocycles. The highest BCUT2D eigenvalue weighted by molar-refractivity contribution is 5.47. The fraction of sp³-hybridized carbons (Fsp3) is 0.520. The molecule has 2 aromatic rings. The summed E-state index contributed by atoms with van der Waals surface area (Å²) in [5.41, 5.74) is 5.42. The van der Waals surface area contributed by atoms with E-state index in [2.05, 4.69) is 13.8 Å². The number of hydrogen-bond acceptors (Lipinski definition) is 4. The Balaban J connectivity index is 0.000000537. The lowest BCUT2D eigenvalue weighted by molar-refractivity contribution is 0.00723. The molecule has 1 aliphatic carbocycles. The standard InChI is InChI=1S/C20H24O4.C5H12/c1-9-5-13-11(3)14(6-9)18(22)20(24)16-8-10(2)7-15(12(16)4)19(23)17(13)21;1-3-5-4-2/h5-8,17-24H,1-4H3;3-5H2,1-2H3. The first-order valence-corrected chi connectivity index (χ1v) is 10.6. The minimum absolute atomic E-state index is 0.577. The van der Waals surface area contributed by atoms with Crippen molar-refractivity contribution in [3.8, 4) is 0 Å². The molecule has 4 heteroatoms. The summed E-state index contributed by atoms with van der Waals surface area (Å²) < 4.78 is 0. The van der Waals surface area contributed by atoms with E-state index in [1.54, 1.807) is 13.8 Å². The second kappa shape index (κ2) is 9.86. The quantitative estimate of drug-likeness (QED) is 0.574. The largest absolute Gasteiger partial charge is 0.385 e. The number of rotatable bonds is 2. The summed E-state index contributed by atoms with van der Waals surface area (Å²) in [6, 6.07) is 7.28. The number of aryl methyl sites for hydroxylation is 2. The van der Waals surface area contributed by atoms with Crippen molar-refractivity contribution in [3.63, 3.8) is 0 Å². The first kappa shape index (κ1) is 23.6. The Labute approximate surface area is 174 Å². The van der Waals surface area contributed by atoms with Gasteiger partial charge in [0.1, 0.15) is 24.4 Å². The summed E-state index contributed by atoms with van der Waals surface area (Å²) in [6.45, 7) is 11.7. The molecule has 0 saturated carbocycles. The topological polar surface area (TPSA) is 80.9 Å². The first-order chi connectivity index (χ1) is 13.6. The summed E-state index contributed by atoms with van der Waals surface area (Å²) >= 11 is 0. The number of aliphatic hydroxyl groups excluding tert-OH is 4. The van der Waals surface area contributed by atoms with Crippen molar-refractivity contribution >= 4 is 0 Å². The molecule has 4 bridgehead atoms. The molecule has 0 radical (unpaired) electrons. The van der Waals surface area contributed by atoms with Gasteiger partial charge in [-0.05, 0) is 61.1 Å². The highest BCUT2D eigenvalue weighted by Gasteiger charge is 2.32. The molecular weight excluding hydrogens is 364 g/mol. The van der Waals surface area contributed by atoms with Crippen LogP contribution in [0.25, 0.3) is 0 Å². The van der Waals surface area contributed by atoms with Gasteiger partial charge in [0.15, 0.2) is 0 Å². The van der Waals surface area contributed by atoms with Gasteiger partial charge in [0.25, 0.3) is 0 Å². The molecule has 0 aliphatic heterocycles. The lowest BCUT2D eigenvalue weighted by atomic mass is 9.82. The smallest absolute Gasteiger partial charge is 0.109 e. The van der Waals surface area contributed by atoms with Crippen LogP contribution in [0.3, 0.4) is 0 Å². The molecule has 0 aromatic heterocycles. The van der Waals surface area contributed by atoms with E-state index in [-0.39, 0.29) is 0 Å². The van der Waals surface area contributed by atoms with Gasteiger partial charge in [0.05, 0.1) is 0 Å². The van der Waals surface area contributed by atoms with Crippen LogP contribution in [0.2, 0.25) is 0 Å². The first-order valence-electron chi connectivity index (χ1n) is 10.6. The third kappa shape index (κ3) is 4.89. The molecule has 1 aliphatic rings. The minimum atomic E-state index is -1.10. The van der Waals surface area contributed by atoms with Crippen molar-refractivity contribution in [3.05, 3.63) is 68.8 Å². The van der Waals surface area contributed by atoms with Gasteiger partial charge in [-0.15, -0.1) is 0 Å². The monoisotopic (exact) mass is 400 g/mol. The lowest BCUT2D eigenvalue weighted by Crippen LogP contribution is -2.21. The molecule has 0 saturated heterocycles. The molecule has 4 unspecified atom stereocenters. The van der Waals surface area contributed by atoms with Crippen molar-refractivity contribution in [2.75, 3.05) is 0 Å². The molecule has 0 spiro atoms. The van der Waals surface area contributed by atoms with E-state index in [4.69, 9.17) is 0 Å². The zero-order chi connectivity index (χ0) is 21.9. The molecule has 4 nitrogen and oxygen atoms in total. The van der Waals surface area contributed by atoms with Gasteiger partial charge in [-0.2, -0.15) is 0 Å². The zero-order valence-corrected chi connectivity index (χ0v) is 18.5. The summed E-state index contributed by atoms with van der Waals surface area (Å²) in [7, 11) is 0. The molecule has 0 amide bonds. The predicted octanol–water partition coefficient (Wildman–Crippen LogP) is 4.96. The number of fused-ring (bicyclic) bond motifs is 4. The number of benzene rings is 2. The van der Waals surface area contributed by atoms with Crippen molar-refractivity contribution in [2.24, 2.45) is 0 Å². The van der Waals surface area contributed by atoms with Gasteiger partial charge in [-0.1, -0.05) is 68.5 Å². The second-order valence-corrected chi connectivity index (χ2v) is 8.27. The highest BCUT2D eigenvalue weighted by atomic mass is 16.3. The Kier molecular flexibility index (Phi) is 8.01. The van der Waals surface area contributed by atoms with Crippen LogP contribution in [0.4, 0.5) is 0 Å². The molecular formula is C25H36O4. The Hall–Kier alpha value is -1.72. The Morgan fingerprint density at radius 2 is 0.793 bits per heavy atom.